The molecule has 3 N–H and O–H groups in total. The average Bonchev–Trinajstić information content (AvgIpc) is 3.14. The number of hydrogen-bond donors (Lipinski definition) is 2. The van der Waals surface area contributed by atoms with Crippen LogP contribution < -0.4 is 11.1 Å². The van der Waals surface area contributed by atoms with Crippen LogP contribution in [-0.2, 0) is 4.79 Å². The predicted molar refractivity (Wildman–Crippen MR) is 75.9 cm³/mol. The number of carbonyl (C=O) groups excluding carboxylic acids is 1. The highest BCUT2D eigenvalue weighted by Gasteiger charge is 2.26. The highest BCUT2D eigenvalue weighted by atomic mass is 35.5. The number of amides is 1. The molecule has 3 nitrogen and oxygen atoms in total. The molecule has 0 aromatic heterocycles. The van der Waals surface area contributed by atoms with Crippen molar-refractivity contribution < 1.29 is 4.79 Å². The monoisotopic (exact) mass is 284 g/mol. The quantitative estimate of drug-likeness (QED) is 0.756. The van der Waals surface area contributed by atoms with E-state index in [-0.39, 0.29) is 11.9 Å². The van der Waals surface area contributed by atoms with Gasteiger partial charge in [-0.15, -0.1) is 11.8 Å². The van der Waals surface area contributed by atoms with E-state index < -0.39 is 0 Å². The summed E-state index contributed by atoms with van der Waals surface area (Å²) in [7, 11) is 0. The molecule has 0 spiro atoms. The van der Waals surface area contributed by atoms with E-state index in [1.807, 2.05) is 24.3 Å². The van der Waals surface area contributed by atoms with Crippen molar-refractivity contribution in [3.8, 4) is 0 Å². The largest absolute Gasteiger partial charge is 0.368 e. The van der Waals surface area contributed by atoms with Crippen molar-refractivity contribution in [2.75, 3.05) is 5.75 Å². The Morgan fingerprint density at radius 1 is 1.44 bits per heavy atom. The minimum absolute atomic E-state index is 0.197. The van der Waals surface area contributed by atoms with Crippen molar-refractivity contribution in [3.05, 3.63) is 29.3 Å². The Morgan fingerprint density at radius 2 is 2.11 bits per heavy atom. The number of primary amides is 1. The van der Waals surface area contributed by atoms with E-state index in [2.05, 4.69) is 5.32 Å². The number of hydrogen-bond acceptors (Lipinski definition) is 3. The first-order valence-corrected chi connectivity index (χ1v) is 7.45. The first-order chi connectivity index (χ1) is 8.65. The Morgan fingerprint density at radius 3 is 2.67 bits per heavy atom. The van der Waals surface area contributed by atoms with E-state index >= 15 is 0 Å². The lowest BCUT2D eigenvalue weighted by Crippen LogP contribution is -2.42. The second-order valence-electron chi connectivity index (χ2n) is 4.49. The van der Waals surface area contributed by atoms with Crippen molar-refractivity contribution in [1.29, 1.82) is 0 Å². The summed E-state index contributed by atoms with van der Waals surface area (Å²) in [6.07, 6.45) is 3.08. The molecule has 1 atom stereocenters. The first-order valence-electron chi connectivity index (χ1n) is 6.09. The molecule has 1 aromatic rings. The fraction of sp³-hybridized carbons (Fsp3) is 0.462. The molecule has 1 amide bonds. The van der Waals surface area contributed by atoms with Crippen molar-refractivity contribution in [3.63, 3.8) is 0 Å². The van der Waals surface area contributed by atoms with Crippen LogP contribution in [0.1, 0.15) is 19.3 Å². The van der Waals surface area contributed by atoms with Crippen LogP contribution in [0.15, 0.2) is 29.2 Å². The van der Waals surface area contributed by atoms with Gasteiger partial charge in [0.1, 0.15) is 0 Å². The Bertz CT molecular complexity index is 406. The second-order valence-corrected chi connectivity index (χ2v) is 6.09. The molecule has 1 aliphatic rings. The number of rotatable bonds is 7. The molecule has 0 aliphatic heterocycles. The molecule has 5 heteroatoms. The maximum Gasteiger partial charge on any atom is 0.234 e. The van der Waals surface area contributed by atoms with Gasteiger partial charge in [0.25, 0.3) is 0 Å². The minimum Gasteiger partial charge on any atom is -0.368 e. The maximum absolute atomic E-state index is 11.3. The number of halogens is 1. The van der Waals surface area contributed by atoms with Crippen LogP contribution in [0.5, 0.6) is 0 Å². The van der Waals surface area contributed by atoms with Gasteiger partial charge >= 0.3 is 0 Å². The van der Waals surface area contributed by atoms with Crippen molar-refractivity contribution in [2.24, 2.45) is 5.73 Å². The van der Waals surface area contributed by atoms with E-state index in [4.69, 9.17) is 17.3 Å². The Balaban J connectivity index is 1.75. The van der Waals surface area contributed by atoms with Gasteiger partial charge in [-0.05, 0) is 49.3 Å². The van der Waals surface area contributed by atoms with Crippen LogP contribution in [0.2, 0.25) is 5.02 Å². The van der Waals surface area contributed by atoms with Crippen molar-refractivity contribution in [2.45, 2.75) is 36.2 Å². The summed E-state index contributed by atoms with van der Waals surface area (Å²) in [5, 5.41) is 4.02. The van der Waals surface area contributed by atoms with E-state index in [1.54, 1.807) is 11.8 Å². The summed E-state index contributed by atoms with van der Waals surface area (Å²) in [4.78, 5) is 12.4. The van der Waals surface area contributed by atoms with Crippen molar-refractivity contribution in [1.82, 2.24) is 5.32 Å². The van der Waals surface area contributed by atoms with E-state index in [1.165, 1.54) is 0 Å². The number of thioether (sulfide) groups is 1. The molecule has 1 saturated carbocycles. The molecular weight excluding hydrogens is 268 g/mol. The van der Waals surface area contributed by atoms with E-state index in [0.29, 0.717) is 6.04 Å². The third-order valence-electron chi connectivity index (χ3n) is 2.85. The van der Waals surface area contributed by atoms with Gasteiger partial charge in [-0.3, -0.25) is 4.79 Å². The molecule has 2 rings (SSSR count). The standard InChI is InChI=1S/C13H17ClN2OS/c14-9-1-5-11(6-2-9)18-8-7-12(13(15)17)16-10-3-4-10/h1-2,5-6,10,12,16H,3-4,7-8H2,(H2,15,17). The van der Waals surface area contributed by atoms with Crippen LogP contribution in [0.25, 0.3) is 0 Å². The van der Waals surface area contributed by atoms with Gasteiger partial charge in [-0.1, -0.05) is 11.6 Å². The van der Waals surface area contributed by atoms with Crippen LogP contribution in [-0.4, -0.2) is 23.7 Å². The third-order valence-corrected chi connectivity index (χ3v) is 4.14. The van der Waals surface area contributed by atoms with Crippen molar-refractivity contribution >= 4 is 29.3 Å². The molecule has 98 valence electrons. The molecule has 1 aliphatic carbocycles. The number of nitrogens with one attached hydrogen (secondary N) is 1. The minimum atomic E-state index is -0.251. The summed E-state index contributed by atoms with van der Waals surface area (Å²) in [6.45, 7) is 0. The van der Waals surface area contributed by atoms with Crippen LogP contribution in [0, 0.1) is 0 Å². The maximum atomic E-state index is 11.3. The van der Waals surface area contributed by atoms with Gasteiger partial charge in [-0.2, -0.15) is 0 Å². The number of nitrogens with two attached hydrogens (primary N) is 1. The Labute approximate surface area is 116 Å². The fourth-order valence-corrected chi connectivity index (χ4v) is 2.71. The normalized spacial score (nSPS) is 16.5. The zero-order chi connectivity index (χ0) is 13.0. The molecule has 0 saturated heterocycles. The first kappa shape index (κ1) is 13.7. The lowest BCUT2D eigenvalue weighted by molar-refractivity contribution is -0.120. The van der Waals surface area contributed by atoms with Crippen LogP contribution >= 0.6 is 23.4 Å². The van der Waals surface area contributed by atoms with Gasteiger partial charge in [0.05, 0.1) is 6.04 Å². The summed E-state index contributed by atoms with van der Waals surface area (Å²) < 4.78 is 0. The third kappa shape index (κ3) is 4.52. The summed E-state index contributed by atoms with van der Waals surface area (Å²) in [5.41, 5.74) is 5.38. The topological polar surface area (TPSA) is 55.1 Å². The number of carbonyl (C=O) groups is 1. The van der Waals surface area contributed by atoms with Gasteiger partial charge in [-0.25, -0.2) is 0 Å². The lowest BCUT2D eigenvalue weighted by Gasteiger charge is -2.14. The van der Waals surface area contributed by atoms with E-state index in [9.17, 15) is 4.79 Å². The van der Waals surface area contributed by atoms with Gasteiger partial charge in [0.2, 0.25) is 5.91 Å². The Kier molecular flexibility index (Phi) is 4.92. The summed E-state index contributed by atoms with van der Waals surface area (Å²) >= 11 is 7.54. The lowest BCUT2D eigenvalue weighted by atomic mass is 10.2. The zero-order valence-corrected chi connectivity index (χ0v) is 11.6. The van der Waals surface area contributed by atoms with Gasteiger partial charge in [0, 0.05) is 16.0 Å². The predicted octanol–water partition coefficient (Wildman–Crippen LogP) is 2.43. The molecule has 18 heavy (non-hydrogen) atoms. The smallest absolute Gasteiger partial charge is 0.234 e. The highest BCUT2D eigenvalue weighted by Crippen LogP contribution is 2.23. The zero-order valence-electron chi connectivity index (χ0n) is 10.1. The summed E-state index contributed by atoms with van der Waals surface area (Å²) in [5.74, 6) is 0.619. The molecule has 0 bridgehead atoms. The van der Waals surface area contributed by atoms with Gasteiger partial charge in [0.15, 0.2) is 0 Å². The molecule has 1 aromatic carbocycles. The Hall–Kier alpha value is -0.710. The fourth-order valence-electron chi connectivity index (χ4n) is 1.67. The second kappa shape index (κ2) is 6.45. The van der Waals surface area contributed by atoms with E-state index in [0.717, 1.165) is 34.9 Å². The molecule has 1 unspecified atom stereocenters. The average molecular weight is 285 g/mol. The van der Waals surface area contributed by atoms with Gasteiger partial charge < -0.3 is 11.1 Å². The number of benzene rings is 1. The summed E-state index contributed by atoms with van der Waals surface area (Å²) in [6, 6.07) is 8.03. The molecule has 1 fully saturated rings. The SMILES string of the molecule is NC(=O)C(CCSc1ccc(Cl)cc1)NC1CC1. The molecular formula is C13H17ClN2OS. The molecule has 0 radical (unpaired) electrons. The van der Waals surface area contributed by atoms with Crippen LogP contribution in [0.3, 0.4) is 0 Å². The highest BCUT2D eigenvalue weighted by molar-refractivity contribution is 7.99. The molecule has 0 heterocycles. The van der Waals surface area contributed by atoms with Crippen LogP contribution in [0.4, 0.5) is 0 Å².